The molecule has 0 unspecified atom stereocenters. The van der Waals surface area contributed by atoms with E-state index in [-0.39, 0.29) is 5.75 Å². The first-order valence-electron chi connectivity index (χ1n) is 6.17. The van der Waals surface area contributed by atoms with Crippen molar-refractivity contribution in [3.05, 3.63) is 40.5 Å². The number of aryl methyl sites for hydroxylation is 2. The molecule has 0 saturated heterocycles. The molecule has 0 spiro atoms. The fourth-order valence-electron chi connectivity index (χ4n) is 2.35. The zero-order chi connectivity index (χ0) is 13.4. The maximum atomic E-state index is 11.1. The lowest BCUT2D eigenvalue weighted by Crippen LogP contribution is -1.97. The normalized spacial score (nSPS) is 11.2. The van der Waals surface area contributed by atoms with Crippen molar-refractivity contribution < 1.29 is 9.90 Å². The maximum Gasteiger partial charge on any atom is 0.150 e. The molecule has 18 heavy (non-hydrogen) atoms. The molecule has 2 aromatic carbocycles. The minimum Gasteiger partial charge on any atom is -0.508 e. The van der Waals surface area contributed by atoms with Crippen LogP contribution in [0.25, 0.3) is 10.8 Å². The first-order valence-corrected chi connectivity index (χ1v) is 6.17. The second kappa shape index (κ2) is 4.45. The fourth-order valence-corrected chi connectivity index (χ4v) is 2.35. The van der Waals surface area contributed by atoms with E-state index in [2.05, 4.69) is 13.8 Å². The molecule has 2 rings (SSSR count). The predicted molar refractivity (Wildman–Crippen MR) is 74.6 cm³/mol. The van der Waals surface area contributed by atoms with Crippen LogP contribution in [0.2, 0.25) is 0 Å². The number of aromatic hydroxyl groups is 1. The minimum absolute atomic E-state index is 0.281. The zero-order valence-corrected chi connectivity index (χ0v) is 11.2. The number of benzene rings is 2. The highest BCUT2D eigenvalue weighted by atomic mass is 16.3. The number of rotatable bonds is 2. The van der Waals surface area contributed by atoms with Crippen molar-refractivity contribution in [1.29, 1.82) is 0 Å². The van der Waals surface area contributed by atoms with E-state index in [1.54, 1.807) is 6.07 Å². The molecule has 0 amide bonds. The van der Waals surface area contributed by atoms with Gasteiger partial charge in [0.2, 0.25) is 0 Å². The van der Waals surface area contributed by atoms with Gasteiger partial charge in [-0.3, -0.25) is 4.79 Å². The molecule has 94 valence electrons. The summed E-state index contributed by atoms with van der Waals surface area (Å²) in [5.74, 6) is 0.624. The summed E-state index contributed by atoms with van der Waals surface area (Å²) in [6.07, 6.45) is 0.886. The summed E-state index contributed by atoms with van der Waals surface area (Å²) in [4.78, 5) is 11.1. The van der Waals surface area contributed by atoms with Crippen LogP contribution in [0.5, 0.6) is 5.75 Å². The number of phenols is 1. The van der Waals surface area contributed by atoms with E-state index in [9.17, 15) is 9.90 Å². The van der Waals surface area contributed by atoms with Crippen LogP contribution < -0.4 is 0 Å². The third kappa shape index (κ3) is 1.88. The Morgan fingerprint density at radius 1 is 1.11 bits per heavy atom. The zero-order valence-electron chi connectivity index (χ0n) is 11.2. The van der Waals surface area contributed by atoms with E-state index >= 15 is 0 Å². The van der Waals surface area contributed by atoms with Crippen molar-refractivity contribution in [1.82, 2.24) is 0 Å². The van der Waals surface area contributed by atoms with Crippen molar-refractivity contribution in [3.63, 3.8) is 0 Å². The number of fused-ring (bicyclic) bond motifs is 1. The van der Waals surface area contributed by atoms with E-state index in [0.717, 1.165) is 33.7 Å². The molecule has 0 aliphatic carbocycles. The van der Waals surface area contributed by atoms with Gasteiger partial charge in [-0.15, -0.1) is 0 Å². The summed E-state index contributed by atoms with van der Waals surface area (Å²) in [5, 5.41) is 11.9. The Morgan fingerprint density at radius 3 is 2.33 bits per heavy atom. The lowest BCUT2D eigenvalue weighted by molar-refractivity contribution is 0.112. The first kappa shape index (κ1) is 12.6. The average Bonchev–Trinajstić information content (AvgIpc) is 2.32. The van der Waals surface area contributed by atoms with Crippen LogP contribution in [0, 0.1) is 13.8 Å². The van der Waals surface area contributed by atoms with Crippen LogP contribution in [0.1, 0.15) is 46.8 Å². The second-order valence-corrected chi connectivity index (χ2v) is 5.14. The fraction of sp³-hybridized carbons (Fsp3) is 0.312. The molecular formula is C16H18O2. The molecular weight excluding hydrogens is 224 g/mol. The number of carbonyl (C=O) groups excluding carboxylic acids is 1. The average molecular weight is 242 g/mol. The molecule has 0 heterocycles. The van der Waals surface area contributed by atoms with Crippen LogP contribution in [0.4, 0.5) is 0 Å². The molecule has 0 aromatic heterocycles. The van der Waals surface area contributed by atoms with Crippen molar-refractivity contribution in [2.24, 2.45) is 0 Å². The van der Waals surface area contributed by atoms with Crippen molar-refractivity contribution >= 4 is 17.1 Å². The van der Waals surface area contributed by atoms with Crippen molar-refractivity contribution in [3.8, 4) is 5.75 Å². The Morgan fingerprint density at radius 2 is 1.78 bits per heavy atom. The largest absolute Gasteiger partial charge is 0.508 e. The summed E-state index contributed by atoms with van der Waals surface area (Å²) in [6, 6.07) is 5.73. The number of hydrogen-bond acceptors (Lipinski definition) is 2. The molecule has 2 nitrogen and oxygen atoms in total. The van der Waals surface area contributed by atoms with Crippen molar-refractivity contribution in [2.45, 2.75) is 33.6 Å². The summed E-state index contributed by atoms with van der Waals surface area (Å²) >= 11 is 0. The highest BCUT2D eigenvalue weighted by Gasteiger charge is 2.13. The monoisotopic (exact) mass is 242 g/mol. The lowest BCUT2D eigenvalue weighted by atomic mass is 9.89. The van der Waals surface area contributed by atoms with Gasteiger partial charge < -0.3 is 5.11 Å². The van der Waals surface area contributed by atoms with Crippen LogP contribution in [0.3, 0.4) is 0 Å². The van der Waals surface area contributed by atoms with Crippen LogP contribution in [0.15, 0.2) is 18.2 Å². The third-order valence-electron chi connectivity index (χ3n) is 3.54. The van der Waals surface area contributed by atoms with Gasteiger partial charge in [0.15, 0.2) is 0 Å². The summed E-state index contributed by atoms with van der Waals surface area (Å²) in [5.41, 5.74) is 3.65. The van der Waals surface area contributed by atoms with Gasteiger partial charge in [0, 0.05) is 5.56 Å². The number of hydrogen-bond donors (Lipinski definition) is 1. The SMILES string of the molecule is Cc1cc2c(C(C)C)cc(C=O)c(C)c2cc1O. The van der Waals surface area contributed by atoms with Gasteiger partial charge in [-0.25, -0.2) is 0 Å². The molecule has 0 aliphatic heterocycles. The van der Waals surface area contributed by atoms with Gasteiger partial charge in [-0.2, -0.15) is 0 Å². The van der Waals surface area contributed by atoms with Gasteiger partial charge in [-0.1, -0.05) is 13.8 Å². The van der Waals surface area contributed by atoms with E-state index in [0.29, 0.717) is 11.5 Å². The minimum atomic E-state index is 0.281. The molecule has 0 fully saturated rings. The standard InChI is InChI=1S/C16H18O2/c1-9(2)13-6-12(8-17)11(4)14-7-16(18)10(3)5-15(13)14/h5-9,18H,1-4H3. The van der Waals surface area contributed by atoms with E-state index in [1.165, 1.54) is 0 Å². The Bertz CT molecular complexity index is 625. The summed E-state index contributed by atoms with van der Waals surface area (Å²) in [6.45, 7) is 8.04. The lowest BCUT2D eigenvalue weighted by Gasteiger charge is -2.15. The van der Waals surface area contributed by atoms with Gasteiger partial charge in [-0.05, 0) is 65.4 Å². The van der Waals surface area contributed by atoms with Gasteiger partial charge in [0.1, 0.15) is 12.0 Å². The Balaban J connectivity index is 2.96. The van der Waals surface area contributed by atoms with Gasteiger partial charge in [0.05, 0.1) is 0 Å². The van der Waals surface area contributed by atoms with Gasteiger partial charge >= 0.3 is 0 Å². The maximum absolute atomic E-state index is 11.1. The number of aldehydes is 1. The molecule has 0 atom stereocenters. The summed E-state index contributed by atoms with van der Waals surface area (Å²) in [7, 11) is 0. The van der Waals surface area contributed by atoms with E-state index < -0.39 is 0 Å². The molecule has 1 N–H and O–H groups in total. The third-order valence-corrected chi connectivity index (χ3v) is 3.54. The molecule has 0 bridgehead atoms. The Kier molecular flexibility index (Phi) is 3.12. The van der Waals surface area contributed by atoms with Crippen LogP contribution in [-0.4, -0.2) is 11.4 Å². The van der Waals surface area contributed by atoms with Crippen LogP contribution in [-0.2, 0) is 0 Å². The van der Waals surface area contributed by atoms with E-state index in [1.807, 2.05) is 26.0 Å². The first-order chi connectivity index (χ1) is 8.45. The molecule has 0 radical (unpaired) electrons. The molecule has 2 aromatic rings. The second-order valence-electron chi connectivity index (χ2n) is 5.14. The molecule has 0 aliphatic rings. The smallest absolute Gasteiger partial charge is 0.150 e. The Labute approximate surface area is 107 Å². The Hall–Kier alpha value is -1.83. The van der Waals surface area contributed by atoms with Gasteiger partial charge in [0.25, 0.3) is 0 Å². The summed E-state index contributed by atoms with van der Waals surface area (Å²) < 4.78 is 0. The number of phenolic OH excluding ortho intramolecular Hbond substituents is 1. The number of carbonyl (C=O) groups is 1. The quantitative estimate of drug-likeness (QED) is 0.805. The highest BCUT2D eigenvalue weighted by Crippen LogP contribution is 2.33. The predicted octanol–water partition coefficient (Wildman–Crippen LogP) is 4.10. The van der Waals surface area contributed by atoms with Crippen LogP contribution >= 0.6 is 0 Å². The highest BCUT2D eigenvalue weighted by molar-refractivity contribution is 5.96. The molecule has 2 heteroatoms. The molecule has 0 saturated carbocycles. The van der Waals surface area contributed by atoms with Crippen molar-refractivity contribution in [2.75, 3.05) is 0 Å². The van der Waals surface area contributed by atoms with E-state index in [4.69, 9.17) is 0 Å². The topological polar surface area (TPSA) is 37.3 Å².